The molecule has 33 heavy (non-hydrogen) atoms. The molecule has 1 saturated carbocycles. The Kier molecular flexibility index (Phi) is 5.37. The number of nitrogens with one attached hydrogen (secondary N) is 2. The van der Waals surface area contributed by atoms with Crippen molar-refractivity contribution in [2.45, 2.75) is 25.3 Å². The molecule has 1 saturated heterocycles. The summed E-state index contributed by atoms with van der Waals surface area (Å²) in [6.07, 6.45) is 5.80. The first-order chi connectivity index (χ1) is 16.0. The predicted molar refractivity (Wildman–Crippen MR) is 116 cm³/mol. The van der Waals surface area contributed by atoms with Crippen LogP contribution in [0.3, 0.4) is 0 Å². The number of fused-ring (bicyclic) bond motifs is 1. The molecule has 170 valence electrons. The van der Waals surface area contributed by atoms with Gasteiger partial charge in [-0.1, -0.05) is 11.3 Å². The lowest BCUT2D eigenvalue weighted by atomic mass is 10.0. The SMILES string of the molecule is O=C(NC1CC2CN(C(=O)Cc3c(O)nc[nH]c3=O)CC2C1)c1cccc(-n2ccnn2)c1. The maximum Gasteiger partial charge on any atom is 0.258 e. The van der Waals surface area contributed by atoms with E-state index in [-0.39, 0.29) is 29.8 Å². The number of aromatic amines is 1. The summed E-state index contributed by atoms with van der Waals surface area (Å²) in [5.74, 6) is -0.171. The van der Waals surface area contributed by atoms with Gasteiger partial charge in [0.2, 0.25) is 11.8 Å². The minimum absolute atomic E-state index is 0.0159. The minimum Gasteiger partial charge on any atom is -0.493 e. The zero-order chi connectivity index (χ0) is 22.9. The van der Waals surface area contributed by atoms with Crippen LogP contribution in [-0.4, -0.2) is 65.9 Å². The molecular formula is C22H23N7O4. The lowest BCUT2D eigenvalue weighted by Gasteiger charge is -2.20. The number of amides is 2. The van der Waals surface area contributed by atoms with Crippen molar-refractivity contribution >= 4 is 11.8 Å². The molecule has 1 aromatic carbocycles. The number of aromatic nitrogens is 5. The number of hydrogen-bond acceptors (Lipinski definition) is 7. The zero-order valence-electron chi connectivity index (χ0n) is 17.7. The molecule has 2 aromatic heterocycles. The summed E-state index contributed by atoms with van der Waals surface area (Å²) < 4.78 is 1.60. The number of aromatic hydroxyl groups is 1. The van der Waals surface area contributed by atoms with Crippen LogP contribution in [0.4, 0.5) is 0 Å². The average Bonchev–Trinajstić information content (AvgIpc) is 3.53. The summed E-state index contributed by atoms with van der Waals surface area (Å²) in [7, 11) is 0. The quantitative estimate of drug-likeness (QED) is 0.507. The van der Waals surface area contributed by atoms with Crippen LogP contribution < -0.4 is 10.9 Å². The second-order valence-corrected chi connectivity index (χ2v) is 8.57. The van der Waals surface area contributed by atoms with Crippen molar-refractivity contribution in [1.29, 1.82) is 0 Å². The largest absolute Gasteiger partial charge is 0.493 e. The smallest absolute Gasteiger partial charge is 0.258 e. The third kappa shape index (κ3) is 4.21. The van der Waals surface area contributed by atoms with E-state index in [1.54, 1.807) is 34.1 Å². The molecule has 2 unspecified atom stereocenters. The molecule has 1 aliphatic heterocycles. The molecule has 2 atom stereocenters. The van der Waals surface area contributed by atoms with E-state index in [0.29, 0.717) is 30.5 Å². The van der Waals surface area contributed by atoms with Crippen LogP contribution in [0.1, 0.15) is 28.8 Å². The van der Waals surface area contributed by atoms with Crippen LogP contribution in [0.2, 0.25) is 0 Å². The van der Waals surface area contributed by atoms with E-state index in [9.17, 15) is 19.5 Å². The Bertz CT molecular complexity index is 1230. The number of carbonyl (C=O) groups excluding carboxylic acids is 2. The van der Waals surface area contributed by atoms with Gasteiger partial charge in [-0.15, -0.1) is 5.10 Å². The second-order valence-electron chi connectivity index (χ2n) is 8.57. The monoisotopic (exact) mass is 449 g/mol. The first-order valence-electron chi connectivity index (χ1n) is 10.8. The molecule has 0 spiro atoms. The van der Waals surface area contributed by atoms with Gasteiger partial charge in [0, 0.05) is 24.7 Å². The summed E-state index contributed by atoms with van der Waals surface area (Å²) in [4.78, 5) is 45.1. The lowest BCUT2D eigenvalue weighted by molar-refractivity contribution is -0.129. The third-order valence-corrected chi connectivity index (χ3v) is 6.49. The molecule has 11 nitrogen and oxygen atoms in total. The normalized spacial score (nSPS) is 21.7. The van der Waals surface area contributed by atoms with Crippen molar-refractivity contribution in [1.82, 2.24) is 35.2 Å². The molecular weight excluding hydrogens is 426 g/mol. The Morgan fingerprint density at radius 2 is 2.00 bits per heavy atom. The summed E-state index contributed by atoms with van der Waals surface area (Å²) >= 11 is 0. The standard InChI is InChI=1S/C22H23N7O4/c30-19(9-18-21(32)23-12-24-22(18)33)28-10-14-6-16(7-15(14)11-28)26-20(31)13-2-1-3-17(8-13)29-5-4-25-27-29/h1-5,8,12,14-16H,6-7,9-11H2,(H,26,31)(H2,23,24,32,33). The number of hydrogen-bond donors (Lipinski definition) is 3. The highest BCUT2D eigenvalue weighted by Crippen LogP contribution is 2.38. The van der Waals surface area contributed by atoms with Crippen molar-refractivity contribution in [2.75, 3.05) is 13.1 Å². The van der Waals surface area contributed by atoms with Crippen LogP contribution in [0.5, 0.6) is 5.88 Å². The molecule has 1 aliphatic carbocycles. The number of carbonyl (C=O) groups is 2. The van der Waals surface area contributed by atoms with Gasteiger partial charge in [-0.3, -0.25) is 14.4 Å². The van der Waals surface area contributed by atoms with Gasteiger partial charge in [0.1, 0.15) is 0 Å². The predicted octanol–water partition coefficient (Wildman–Crippen LogP) is 0.266. The van der Waals surface area contributed by atoms with E-state index in [1.165, 1.54) is 0 Å². The lowest BCUT2D eigenvalue weighted by Crippen LogP contribution is -2.36. The number of benzene rings is 1. The maximum atomic E-state index is 12.8. The molecule has 0 radical (unpaired) electrons. The highest BCUT2D eigenvalue weighted by molar-refractivity contribution is 5.95. The van der Waals surface area contributed by atoms with Crippen LogP contribution in [0.25, 0.3) is 5.69 Å². The van der Waals surface area contributed by atoms with E-state index in [2.05, 4.69) is 25.6 Å². The van der Waals surface area contributed by atoms with Gasteiger partial charge in [-0.2, -0.15) is 0 Å². The van der Waals surface area contributed by atoms with Gasteiger partial charge < -0.3 is 20.3 Å². The molecule has 2 fully saturated rings. The van der Waals surface area contributed by atoms with E-state index in [0.717, 1.165) is 24.9 Å². The molecule has 5 rings (SSSR count). The molecule has 3 heterocycles. The van der Waals surface area contributed by atoms with Gasteiger partial charge in [-0.25, -0.2) is 9.67 Å². The summed E-state index contributed by atoms with van der Waals surface area (Å²) in [6, 6.07) is 7.25. The summed E-state index contributed by atoms with van der Waals surface area (Å²) in [6.45, 7) is 1.16. The third-order valence-electron chi connectivity index (χ3n) is 6.49. The van der Waals surface area contributed by atoms with E-state index < -0.39 is 11.4 Å². The fraction of sp³-hybridized carbons (Fsp3) is 0.364. The Hall–Kier alpha value is -4.02. The maximum absolute atomic E-state index is 12.8. The summed E-state index contributed by atoms with van der Waals surface area (Å²) in [5, 5.41) is 20.6. The van der Waals surface area contributed by atoms with E-state index in [1.807, 2.05) is 12.1 Å². The van der Waals surface area contributed by atoms with Gasteiger partial charge in [0.05, 0.1) is 36.4 Å². The number of H-pyrrole nitrogens is 1. The first-order valence-corrected chi connectivity index (χ1v) is 10.8. The van der Waals surface area contributed by atoms with Crippen LogP contribution in [-0.2, 0) is 11.2 Å². The van der Waals surface area contributed by atoms with Crippen molar-refractivity contribution in [3.63, 3.8) is 0 Å². The van der Waals surface area contributed by atoms with E-state index >= 15 is 0 Å². The van der Waals surface area contributed by atoms with Gasteiger partial charge in [0.15, 0.2) is 0 Å². The highest BCUT2D eigenvalue weighted by Gasteiger charge is 2.42. The van der Waals surface area contributed by atoms with Crippen LogP contribution in [0, 0.1) is 11.8 Å². The average molecular weight is 449 g/mol. The molecule has 11 heteroatoms. The molecule has 0 bridgehead atoms. The van der Waals surface area contributed by atoms with Gasteiger partial charge in [-0.05, 0) is 42.9 Å². The highest BCUT2D eigenvalue weighted by atomic mass is 16.3. The van der Waals surface area contributed by atoms with Gasteiger partial charge >= 0.3 is 0 Å². The zero-order valence-corrected chi connectivity index (χ0v) is 17.7. The number of likely N-dealkylation sites (tertiary alicyclic amines) is 1. The van der Waals surface area contributed by atoms with Crippen molar-refractivity contribution in [2.24, 2.45) is 11.8 Å². The second kappa shape index (κ2) is 8.49. The first kappa shape index (κ1) is 20.9. The fourth-order valence-corrected chi connectivity index (χ4v) is 4.87. The topological polar surface area (TPSA) is 146 Å². The van der Waals surface area contributed by atoms with Crippen molar-refractivity contribution in [3.05, 3.63) is 64.5 Å². The minimum atomic E-state index is -0.508. The van der Waals surface area contributed by atoms with E-state index in [4.69, 9.17) is 0 Å². The molecule has 3 aromatic rings. The fourth-order valence-electron chi connectivity index (χ4n) is 4.87. The number of nitrogens with zero attached hydrogens (tertiary/aromatic N) is 5. The Morgan fingerprint density at radius 3 is 2.70 bits per heavy atom. The van der Waals surface area contributed by atoms with Gasteiger partial charge in [0.25, 0.3) is 11.5 Å². The van der Waals surface area contributed by atoms with Crippen molar-refractivity contribution in [3.8, 4) is 11.6 Å². The van der Waals surface area contributed by atoms with Crippen LogP contribution >= 0.6 is 0 Å². The van der Waals surface area contributed by atoms with Crippen molar-refractivity contribution < 1.29 is 14.7 Å². The molecule has 2 amide bonds. The Labute approximate surface area is 188 Å². The summed E-state index contributed by atoms with van der Waals surface area (Å²) in [5.41, 5.74) is 0.790. The molecule has 2 aliphatic rings. The number of rotatable bonds is 5. The molecule has 3 N–H and O–H groups in total. The Morgan fingerprint density at radius 1 is 1.21 bits per heavy atom. The van der Waals surface area contributed by atoms with Crippen LogP contribution in [0.15, 0.2) is 47.8 Å². The Balaban J connectivity index is 1.17.